The van der Waals surface area contributed by atoms with Crippen LogP contribution in [0.25, 0.3) is 0 Å². The summed E-state index contributed by atoms with van der Waals surface area (Å²) in [6, 6.07) is 6.35. The second kappa shape index (κ2) is 7.99. The number of nitro benzene ring substituents is 1. The molecule has 0 saturated carbocycles. The van der Waals surface area contributed by atoms with Crippen LogP contribution in [0.15, 0.2) is 30.0 Å². The van der Waals surface area contributed by atoms with Crippen molar-refractivity contribution < 1.29 is 9.72 Å². The number of nitrogens with zero attached hydrogens (tertiary/aromatic N) is 3. The second-order valence-corrected chi connectivity index (χ2v) is 6.52. The Labute approximate surface area is 151 Å². The highest BCUT2D eigenvalue weighted by molar-refractivity contribution is 6.32. The molecule has 1 saturated heterocycles. The summed E-state index contributed by atoms with van der Waals surface area (Å²) in [6.45, 7) is 4.11. The maximum Gasteiger partial charge on any atom is 0.289 e. The molecule has 1 aliphatic rings. The molecule has 1 amide bonds. The summed E-state index contributed by atoms with van der Waals surface area (Å²) in [7, 11) is 0. The fourth-order valence-electron chi connectivity index (χ4n) is 2.91. The molecule has 25 heavy (non-hydrogen) atoms. The molecule has 0 aromatic heterocycles. The number of carbonyl (C=O) groups is 1. The number of amides is 1. The fourth-order valence-corrected chi connectivity index (χ4v) is 3.10. The average Bonchev–Trinajstić information content (AvgIpc) is 2.56. The molecule has 1 heterocycles. The van der Waals surface area contributed by atoms with Crippen LogP contribution in [0.1, 0.15) is 33.1 Å². The van der Waals surface area contributed by atoms with E-state index in [2.05, 4.69) is 19.2 Å². The number of carbonyl (C=O) groups excluding carboxylic acids is 1. The van der Waals surface area contributed by atoms with Gasteiger partial charge in [-0.1, -0.05) is 11.6 Å². The molecule has 1 fully saturated rings. The first-order valence-corrected chi connectivity index (χ1v) is 8.36. The van der Waals surface area contributed by atoms with Gasteiger partial charge in [-0.25, -0.2) is 0 Å². The van der Waals surface area contributed by atoms with Gasteiger partial charge in [-0.2, -0.15) is 5.26 Å². The Morgan fingerprint density at radius 1 is 1.44 bits per heavy atom. The molecule has 1 aliphatic heterocycles. The molecule has 2 rings (SSSR count). The van der Waals surface area contributed by atoms with Crippen molar-refractivity contribution >= 4 is 28.9 Å². The summed E-state index contributed by atoms with van der Waals surface area (Å²) in [5, 5.41) is 22.7. The quantitative estimate of drug-likeness (QED) is 0.379. The lowest BCUT2D eigenvalue weighted by Gasteiger charge is -2.38. The van der Waals surface area contributed by atoms with Crippen LogP contribution in [0, 0.1) is 21.4 Å². The van der Waals surface area contributed by atoms with E-state index in [9.17, 15) is 20.2 Å². The number of rotatable bonds is 4. The minimum atomic E-state index is -0.629. The molecule has 0 spiro atoms. The zero-order chi connectivity index (χ0) is 18.6. The fraction of sp³-hybridized carbons (Fsp3) is 0.412. The van der Waals surface area contributed by atoms with E-state index in [1.165, 1.54) is 18.2 Å². The third-order valence-electron chi connectivity index (χ3n) is 4.31. The van der Waals surface area contributed by atoms with Gasteiger partial charge in [0.05, 0.1) is 4.92 Å². The Kier molecular flexibility index (Phi) is 5.99. The largest absolute Gasteiger partial charge is 0.371 e. The first-order chi connectivity index (χ1) is 11.8. The van der Waals surface area contributed by atoms with Gasteiger partial charge in [0.15, 0.2) is 0 Å². The van der Waals surface area contributed by atoms with E-state index in [1.807, 2.05) is 11.0 Å². The lowest BCUT2D eigenvalue weighted by atomic mass is 9.98. The number of anilines is 1. The molecule has 1 N–H and O–H groups in total. The van der Waals surface area contributed by atoms with Gasteiger partial charge in [-0.05, 0) is 45.2 Å². The van der Waals surface area contributed by atoms with Crippen molar-refractivity contribution in [2.75, 3.05) is 5.32 Å². The van der Waals surface area contributed by atoms with Crippen molar-refractivity contribution in [3.8, 4) is 6.07 Å². The van der Waals surface area contributed by atoms with Crippen LogP contribution in [-0.2, 0) is 4.79 Å². The van der Waals surface area contributed by atoms with Crippen LogP contribution >= 0.6 is 11.6 Å². The van der Waals surface area contributed by atoms with Gasteiger partial charge in [0.2, 0.25) is 0 Å². The first-order valence-electron chi connectivity index (χ1n) is 7.98. The molecule has 0 aliphatic carbocycles. The number of nitro groups is 1. The molecule has 0 bridgehead atoms. The molecular weight excluding hydrogens is 344 g/mol. The number of nitriles is 1. The molecule has 7 nitrogen and oxygen atoms in total. The van der Waals surface area contributed by atoms with Crippen LogP contribution in [0.3, 0.4) is 0 Å². The van der Waals surface area contributed by atoms with E-state index in [-0.39, 0.29) is 34.1 Å². The van der Waals surface area contributed by atoms with Gasteiger partial charge in [0, 0.05) is 30.0 Å². The Bertz CT molecular complexity index is 747. The maximum absolute atomic E-state index is 12.4. The third kappa shape index (κ3) is 4.48. The smallest absolute Gasteiger partial charge is 0.289 e. The summed E-state index contributed by atoms with van der Waals surface area (Å²) >= 11 is 5.75. The summed E-state index contributed by atoms with van der Waals surface area (Å²) in [6.07, 6.45) is 4.71. The zero-order valence-corrected chi connectivity index (χ0v) is 14.8. The van der Waals surface area contributed by atoms with Crippen molar-refractivity contribution in [2.24, 2.45) is 0 Å². The van der Waals surface area contributed by atoms with Crippen molar-refractivity contribution in [1.82, 2.24) is 4.90 Å². The number of hydrogen-bond donors (Lipinski definition) is 1. The van der Waals surface area contributed by atoms with E-state index < -0.39 is 10.8 Å². The predicted octanol–water partition coefficient (Wildman–Crippen LogP) is 3.86. The summed E-state index contributed by atoms with van der Waals surface area (Å²) in [5.41, 5.74) is -0.138. The van der Waals surface area contributed by atoms with Crippen LogP contribution < -0.4 is 5.32 Å². The van der Waals surface area contributed by atoms with Crippen molar-refractivity contribution in [3.05, 3.63) is 45.1 Å². The number of hydrogen-bond acceptors (Lipinski definition) is 5. The second-order valence-electron chi connectivity index (χ2n) is 6.11. The van der Waals surface area contributed by atoms with Crippen LogP contribution in [0.2, 0.25) is 5.02 Å². The van der Waals surface area contributed by atoms with Crippen molar-refractivity contribution in [2.45, 2.75) is 45.2 Å². The van der Waals surface area contributed by atoms with E-state index in [0.29, 0.717) is 0 Å². The third-order valence-corrected chi connectivity index (χ3v) is 4.63. The van der Waals surface area contributed by atoms with Gasteiger partial charge in [-0.15, -0.1) is 0 Å². The lowest BCUT2D eigenvalue weighted by Crippen LogP contribution is -2.40. The molecule has 0 radical (unpaired) electrons. The normalized spacial score (nSPS) is 20.7. The Balaban J connectivity index is 2.20. The molecule has 2 unspecified atom stereocenters. The standard InChI is InChI=1S/C17H19ClN4O3/c1-11-4-3-5-12(2)21(11)10-13(9-19)17(23)20-14-6-7-15(18)16(8-14)22(24)25/h6-8,10-12H,3-5H2,1-2H3,(H,20,23)/b13-10-. The predicted molar refractivity (Wildman–Crippen MR) is 95.0 cm³/mol. The summed E-state index contributed by atoms with van der Waals surface area (Å²) in [5.74, 6) is -0.607. The SMILES string of the molecule is CC1CCCC(C)N1/C=C(/C#N)C(=O)Nc1ccc(Cl)c([N+](=O)[O-])c1. The van der Waals surface area contributed by atoms with Crippen LogP contribution in [0.4, 0.5) is 11.4 Å². The molecule has 2 atom stereocenters. The Morgan fingerprint density at radius 3 is 2.64 bits per heavy atom. The lowest BCUT2D eigenvalue weighted by molar-refractivity contribution is -0.384. The highest BCUT2D eigenvalue weighted by atomic mass is 35.5. The van der Waals surface area contributed by atoms with Gasteiger partial charge in [-0.3, -0.25) is 14.9 Å². The first kappa shape index (κ1) is 18.7. The van der Waals surface area contributed by atoms with Crippen LogP contribution in [0.5, 0.6) is 0 Å². The number of nitrogens with one attached hydrogen (secondary N) is 1. The molecule has 1 aromatic carbocycles. The minimum Gasteiger partial charge on any atom is -0.371 e. The van der Waals surface area contributed by atoms with E-state index in [0.717, 1.165) is 19.3 Å². The Hall–Kier alpha value is -2.59. The van der Waals surface area contributed by atoms with E-state index in [4.69, 9.17) is 11.6 Å². The topological polar surface area (TPSA) is 99.3 Å². The zero-order valence-electron chi connectivity index (χ0n) is 14.0. The summed E-state index contributed by atoms with van der Waals surface area (Å²) < 4.78 is 0. The minimum absolute atomic E-state index is 0.0185. The molecule has 132 valence electrons. The molecule has 8 heteroatoms. The number of benzene rings is 1. The Morgan fingerprint density at radius 2 is 2.08 bits per heavy atom. The van der Waals surface area contributed by atoms with Crippen LogP contribution in [-0.4, -0.2) is 27.8 Å². The van der Waals surface area contributed by atoms with E-state index >= 15 is 0 Å². The monoisotopic (exact) mass is 362 g/mol. The maximum atomic E-state index is 12.4. The number of likely N-dealkylation sites (tertiary alicyclic amines) is 1. The highest BCUT2D eigenvalue weighted by Crippen LogP contribution is 2.28. The average molecular weight is 363 g/mol. The van der Waals surface area contributed by atoms with E-state index in [1.54, 1.807) is 6.20 Å². The van der Waals surface area contributed by atoms with Crippen molar-refractivity contribution in [1.29, 1.82) is 5.26 Å². The van der Waals surface area contributed by atoms with Gasteiger partial charge >= 0.3 is 0 Å². The van der Waals surface area contributed by atoms with Gasteiger partial charge in [0.1, 0.15) is 16.7 Å². The summed E-state index contributed by atoms with van der Waals surface area (Å²) in [4.78, 5) is 24.7. The van der Waals surface area contributed by atoms with Crippen molar-refractivity contribution in [3.63, 3.8) is 0 Å². The highest BCUT2D eigenvalue weighted by Gasteiger charge is 2.24. The molecular formula is C17H19ClN4O3. The number of halogens is 1. The van der Waals surface area contributed by atoms with Gasteiger partial charge in [0.25, 0.3) is 11.6 Å². The number of piperidine rings is 1. The molecule has 1 aromatic rings. The van der Waals surface area contributed by atoms with Gasteiger partial charge < -0.3 is 10.2 Å².